The molecule has 124 valence electrons. The van der Waals surface area contributed by atoms with Gasteiger partial charge in [-0.15, -0.1) is 11.1 Å². The molecule has 23 heavy (non-hydrogen) atoms. The summed E-state index contributed by atoms with van der Waals surface area (Å²) in [4.78, 5) is 0. The number of benzene rings is 2. The second-order valence-electron chi connectivity index (χ2n) is 5.44. The van der Waals surface area contributed by atoms with Crippen LogP contribution in [0.1, 0.15) is 35.1 Å². The van der Waals surface area contributed by atoms with Gasteiger partial charge in [-0.1, -0.05) is 42.5 Å². The standard InChI is InChI=1S/C17H14O2.4Re/c18-13-3-1-11-5-7-17(15(11)9-13)8-6-12-2-4-14(19)10-16(12)17;;;;/h1-6,9-10,18-19H,7-8H2;;;;/q-2;;;;. The number of hydrogen-bond donors (Lipinski definition) is 2. The molecule has 2 aromatic rings. The molecule has 4 rings (SSSR count). The SMILES string of the molecule is Oc1ccc2c(c1)C1(C[CH-]2)C[CH-]c2ccc(O)cc21.[Re].[Re].[Re].[Re]. The number of rotatable bonds is 0. The second kappa shape index (κ2) is 8.69. The van der Waals surface area contributed by atoms with Gasteiger partial charge in [-0.3, -0.25) is 0 Å². The van der Waals surface area contributed by atoms with E-state index in [-0.39, 0.29) is 87.1 Å². The van der Waals surface area contributed by atoms with Crippen molar-refractivity contribution in [3.8, 4) is 11.5 Å². The van der Waals surface area contributed by atoms with Crippen molar-refractivity contribution in [3.05, 3.63) is 71.5 Å². The Balaban J connectivity index is 0.00000121. The predicted octanol–water partition coefficient (Wildman–Crippen LogP) is 3.29. The summed E-state index contributed by atoms with van der Waals surface area (Å²) < 4.78 is 0. The molecule has 4 radical (unpaired) electrons. The summed E-state index contributed by atoms with van der Waals surface area (Å²) in [7, 11) is 0. The summed E-state index contributed by atoms with van der Waals surface area (Å²) in [5.41, 5.74) is 4.65. The Morgan fingerprint density at radius 2 is 1.09 bits per heavy atom. The van der Waals surface area contributed by atoms with E-state index in [1.54, 1.807) is 12.1 Å². The van der Waals surface area contributed by atoms with E-state index in [0.29, 0.717) is 11.5 Å². The van der Waals surface area contributed by atoms with Crippen molar-refractivity contribution < 1.29 is 91.9 Å². The monoisotopic (exact) mass is 998 g/mol. The largest absolute Gasteiger partial charge is 0.510 e. The van der Waals surface area contributed by atoms with Crippen LogP contribution in [0.3, 0.4) is 0 Å². The molecule has 0 atom stereocenters. The molecule has 0 bridgehead atoms. The minimum absolute atomic E-state index is 0. The van der Waals surface area contributed by atoms with Crippen LogP contribution in [0.2, 0.25) is 0 Å². The zero-order valence-electron chi connectivity index (χ0n) is 11.9. The van der Waals surface area contributed by atoms with Crippen LogP contribution in [0.4, 0.5) is 0 Å². The van der Waals surface area contributed by atoms with Gasteiger partial charge in [-0.2, -0.15) is 36.1 Å². The smallest absolute Gasteiger partial charge is 0.0913 e. The number of phenols is 2. The van der Waals surface area contributed by atoms with Crippen LogP contribution in [0.25, 0.3) is 0 Å². The molecule has 2 nitrogen and oxygen atoms in total. The quantitative estimate of drug-likeness (QED) is 0.399. The average molecular weight is 995 g/mol. The third-order valence-corrected chi connectivity index (χ3v) is 4.45. The molecule has 6 heteroatoms. The number of hydrogen-bond acceptors (Lipinski definition) is 2. The Kier molecular flexibility index (Phi) is 8.85. The molecular formula is C17H14O2Re4-2. The van der Waals surface area contributed by atoms with E-state index in [9.17, 15) is 10.2 Å². The maximum absolute atomic E-state index is 9.77. The minimum Gasteiger partial charge on any atom is -0.510 e. The second-order valence-corrected chi connectivity index (χ2v) is 5.44. The van der Waals surface area contributed by atoms with E-state index < -0.39 is 0 Å². The third kappa shape index (κ3) is 3.68. The van der Waals surface area contributed by atoms with E-state index in [4.69, 9.17) is 0 Å². The molecule has 0 aromatic heterocycles. The maximum Gasteiger partial charge on any atom is 0.0913 e. The van der Waals surface area contributed by atoms with Gasteiger partial charge >= 0.3 is 0 Å². The summed E-state index contributed by atoms with van der Waals surface area (Å²) in [5, 5.41) is 19.5. The molecular weight excluding hydrogens is 981 g/mol. The van der Waals surface area contributed by atoms with Crippen molar-refractivity contribution in [1.82, 2.24) is 0 Å². The molecule has 0 unspecified atom stereocenters. The fraction of sp³-hybridized carbons (Fsp3) is 0.176. The average Bonchev–Trinajstić information content (AvgIpc) is 2.94. The summed E-state index contributed by atoms with van der Waals surface area (Å²) in [6.45, 7) is 0. The molecule has 0 amide bonds. The summed E-state index contributed by atoms with van der Waals surface area (Å²) >= 11 is 0. The van der Waals surface area contributed by atoms with Gasteiger partial charge in [0.2, 0.25) is 0 Å². The van der Waals surface area contributed by atoms with Gasteiger partial charge in [-0.25, -0.2) is 0 Å². The van der Waals surface area contributed by atoms with E-state index in [2.05, 4.69) is 12.8 Å². The zero-order valence-corrected chi connectivity index (χ0v) is 22.8. The van der Waals surface area contributed by atoms with E-state index in [1.807, 2.05) is 24.3 Å². The number of phenolic OH excluding ortho intramolecular Hbond substituents is 2. The molecule has 0 aliphatic heterocycles. The van der Waals surface area contributed by atoms with Gasteiger partial charge in [-0.05, 0) is 0 Å². The van der Waals surface area contributed by atoms with Crippen LogP contribution >= 0.6 is 0 Å². The van der Waals surface area contributed by atoms with Gasteiger partial charge in [0.05, 0.1) is 11.5 Å². The molecule has 2 aromatic carbocycles. The molecule has 0 heterocycles. The first kappa shape index (κ1) is 23.4. The zero-order chi connectivity index (χ0) is 13.0. The molecule has 2 N–H and O–H groups in total. The van der Waals surface area contributed by atoms with Crippen LogP contribution in [-0.4, -0.2) is 10.2 Å². The van der Waals surface area contributed by atoms with E-state index in [0.717, 1.165) is 12.8 Å². The first-order chi connectivity index (χ1) is 9.19. The van der Waals surface area contributed by atoms with Crippen molar-refractivity contribution in [2.24, 2.45) is 0 Å². The van der Waals surface area contributed by atoms with Gasteiger partial charge < -0.3 is 10.2 Å². The molecule has 0 fully saturated rings. The molecule has 0 saturated heterocycles. The van der Waals surface area contributed by atoms with Crippen LogP contribution < -0.4 is 0 Å². The topological polar surface area (TPSA) is 40.5 Å². The molecule has 2 aliphatic rings. The van der Waals surface area contributed by atoms with Gasteiger partial charge in [0, 0.05) is 81.7 Å². The summed E-state index contributed by atoms with van der Waals surface area (Å²) in [6, 6.07) is 11.1. The Morgan fingerprint density at radius 3 is 1.48 bits per heavy atom. The molecule has 0 saturated carbocycles. The van der Waals surface area contributed by atoms with Gasteiger partial charge in [0.1, 0.15) is 0 Å². The Hall–Kier alpha value is 0.429. The fourth-order valence-electron chi connectivity index (χ4n) is 3.51. The van der Waals surface area contributed by atoms with E-state index >= 15 is 0 Å². The van der Waals surface area contributed by atoms with Crippen LogP contribution in [0.15, 0.2) is 36.4 Å². The molecule has 2 aliphatic carbocycles. The van der Waals surface area contributed by atoms with Crippen molar-refractivity contribution >= 4 is 0 Å². The van der Waals surface area contributed by atoms with Crippen LogP contribution in [0.5, 0.6) is 11.5 Å². The third-order valence-electron chi connectivity index (χ3n) is 4.45. The fourth-order valence-corrected chi connectivity index (χ4v) is 3.51. The first-order valence-corrected chi connectivity index (χ1v) is 6.52. The Labute approximate surface area is 191 Å². The van der Waals surface area contributed by atoms with E-state index in [1.165, 1.54) is 22.3 Å². The molecule has 1 spiro atoms. The first-order valence-electron chi connectivity index (χ1n) is 6.52. The van der Waals surface area contributed by atoms with Crippen molar-refractivity contribution in [1.29, 1.82) is 0 Å². The van der Waals surface area contributed by atoms with Crippen LogP contribution in [0, 0.1) is 12.8 Å². The predicted molar refractivity (Wildman–Crippen MR) is 73.0 cm³/mol. The normalized spacial score (nSPS) is 14.6. The number of aromatic hydroxyl groups is 2. The van der Waals surface area contributed by atoms with Crippen molar-refractivity contribution in [3.63, 3.8) is 0 Å². The van der Waals surface area contributed by atoms with Gasteiger partial charge in [0.25, 0.3) is 0 Å². The Bertz CT molecular complexity index is 629. The Morgan fingerprint density at radius 1 is 0.696 bits per heavy atom. The summed E-state index contributed by atoms with van der Waals surface area (Å²) in [5.74, 6) is 0.615. The van der Waals surface area contributed by atoms with Gasteiger partial charge in [0.15, 0.2) is 0 Å². The van der Waals surface area contributed by atoms with Crippen molar-refractivity contribution in [2.75, 3.05) is 0 Å². The summed E-state index contributed by atoms with van der Waals surface area (Å²) in [6.07, 6.45) is 6.31. The van der Waals surface area contributed by atoms with Crippen LogP contribution in [-0.2, 0) is 87.1 Å². The maximum atomic E-state index is 9.77. The van der Waals surface area contributed by atoms with Crippen molar-refractivity contribution in [2.45, 2.75) is 18.3 Å². The minimum atomic E-state index is -0.0951. The number of fused-ring (bicyclic) bond motifs is 4.